The van der Waals surface area contributed by atoms with Crippen LogP contribution >= 0.6 is 11.6 Å². The molecule has 1 unspecified atom stereocenters. The van der Waals surface area contributed by atoms with Crippen molar-refractivity contribution in [2.24, 2.45) is 0 Å². The smallest absolute Gasteiger partial charge is 0.255 e. The number of halogens is 1. The third-order valence-corrected chi connectivity index (χ3v) is 4.99. The van der Waals surface area contributed by atoms with E-state index in [1.807, 2.05) is 57.2 Å². The number of nitrogens with one attached hydrogen (secondary N) is 2. The van der Waals surface area contributed by atoms with E-state index in [0.29, 0.717) is 22.2 Å². The van der Waals surface area contributed by atoms with E-state index < -0.39 is 6.04 Å². The number of aryl methyl sites for hydroxylation is 2. The van der Waals surface area contributed by atoms with Crippen LogP contribution in [0.5, 0.6) is 0 Å². The molecule has 0 bridgehead atoms. The van der Waals surface area contributed by atoms with Gasteiger partial charge in [-0.1, -0.05) is 46.5 Å². The van der Waals surface area contributed by atoms with Gasteiger partial charge in [-0.2, -0.15) is 4.68 Å². The second-order valence-electron chi connectivity index (χ2n) is 6.84. The normalized spacial score (nSPS) is 15.8. The molecule has 2 aromatic carbocycles. The summed E-state index contributed by atoms with van der Waals surface area (Å²) in [5.74, 6) is 0.258. The highest BCUT2D eigenvalue weighted by Gasteiger charge is 2.34. The number of aromatic nitrogens is 4. The first-order valence-electron chi connectivity index (χ1n) is 8.84. The van der Waals surface area contributed by atoms with Crippen LogP contribution in [0.15, 0.2) is 53.7 Å². The number of carbonyl (C=O) groups excluding carboxylic acids is 1. The van der Waals surface area contributed by atoms with Gasteiger partial charge in [0.25, 0.3) is 5.91 Å². The number of nitrogens with zero attached hydrogens (tertiary/aromatic N) is 4. The zero-order valence-electron chi connectivity index (χ0n) is 15.7. The Bertz CT molecular complexity index is 1100. The summed E-state index contributed by atoms with van der Waals surface area (Å²) in [6.07, 6.45) is 0. The van der Waals surface area contributed by atoms with Gasteiger partial charge in [-0.05, 0) is 60.5 Å². The van der Waals surface area contributed by atoms with Crippen LogP contribution < -0.4 is 10.6 Å². The maximum Gasteiger partial charge on any atom is 0.255 e. The molecule has 1 aromatic heterocycles. The molecular formula is C20H19ClN6O. The summed E-state index contributed by atoms with van der Waals surface area (Å²) in [4.78, 5) is 13.3. The van der Waals surface area contributed by atoms with E-state index in [0.717, 1.165) is 22.4 Å². The number of fused-ring (bicyclic) bond motifs is 1. The van der Waals surface area contributed by atoms with Crippen LogP contribution in [-0.2, 0) is 4.79 Å². The van der Waals surface area contributed by atoms with Crippen molar-refractivity contribution in [3.63, 3.8) is 0 Å². The lowest BCUT2D eigenvalue weighted by Gasteiger charge is -2.28. The Morgan fingerprint density at radius 3 is 2.75 bits per heavy atom. The molecular weight excluding hydrogens is 376 g/mol. The molecule has 7 nitrogen and oxygen atoms in total. The van der Waals surface area contributed by atoms with Gasteiger partial charge >= 0.3 is 0 Å². The van der Waals surface area contributed by atoms with Crippen molar-refractivity contribution in [1.29, 1.82) is 0 Å². The van der Waals surface area contributed by atoms with Gasteiger partial charge in [-0.15, -0.1) is 0 Å². The number of hydrogen-bond acceptors (Lipinski definition) is 5. The van der Waals surface area contributed by atoms with Crippen molar-refractivity contribution < 1.29 is 4.79 Å². The molecule has 0 saturated carbocycles. The monoisotopic (exact) mass is 394 g/mol. The van der Waals surface area contributed by atoms with Crippen LogP contribution in [0.3, 0.4) is 0 Å². The van der Waals surface area contributed by atoms with E-state index in [1.54, 1.807) is 10.7 Å². The summed E-state index contributed by atoms with van der Waals surface area (Å²) in [5, 5.41) is 18.5. The third kappa shape index (κ3) is 3.25. The number of rotatable bonds is 3. The third-order valence-electron chi connectivity index (χ3n) is 4.75. The molecule has 0 fully saturated rings. The Balaban J connectivity index is 1.77. The largest absolute Gasteiger partial charge is 0.326 e. The minimum absolute atomic E-state index is 0.219. The van der Waals surface area contributed by atoms with Crippen molar-refractivity contribution in [3.8, 4) is 0 Å². The lowest BCUT2D eigenvalue weighted by Crippen LogP contribution is -2.31. The molecule has 0 spiro atoms. The summed E-state index contributed by atoms with van der Waals surface area (Å²) in [6.45, 7) is 5.83. The van der Waals surface area contributed by atoms with Crippen molar-refractivity contribution in [3.05, 3.63) is 75.4 Å². The Morgan fingerprint density at radius 1 is 1.18 bits per heavy atom. The van der Waals surface area contributed by atoms with Gasteiger partial charge in [0.15, 0.2) is 0 Å². The highest BCUT2D eigenvalue weighted by atomic mass is 35.5. The first-order chi connectivity index (χ1) is 13.4. The molecule has 0 aliphatic carbocycles. The van der Waals surface area contributed by atoms with Gasteiger partial charge in [0, 0.05) is 16.4 Å². The molecule has 1 aliphatic rings. The molecule has 2 N–H and O–H groups in total. The molecule has 4 rings (SSSR count). The van der Waals surface area contributed by atoms with E-state index in [2.05, 4.69) is 26.2 Å². The van der Waals surface area contributed by atoms with Crippen LogP contribution in [-0.4, -0.2) is 26.1 Å². The average Bonchev–Trinajstić information content (AvgIpc) is 3.10. The Hall–Kier alpha value is -3.19. The van der Waals surface area contributed by atoms with Crippen molar-refractivity contribution in [1.82, 2.24) is 20.2 Å². The topological polar surface area (TPSA) is 84.7 Å². The van der Waals surface area contributed by atoms with Crippen LogP contribution in [0.1, 0.15) is 29.7 Å². The Labute approximate surface area is 167 Å². The van der Waals surface area contributed by atoms with Crippen molar-refractivity contribution >= 4 is 29.1 Å². The minimum Gasteiger partial charge on any atom is -0.326 e. The molecule has 0 saturated heterocycles. The lowest BCUT2D eigenvalue weighted by molar-refractivity contribution is -0.113. The minimum atomic E-state index is -0.490. The Morgan fingerprint density at radius 2 is 2.00 bits per heavy atom. The second-order valence-corrected chi connectivity index (χ2v) is 7.28. The molecule has 1 atom stereocenters. The molecule has 1 aliphatic heterocycles. The predicted octanol–water partition coefficient (Wildman–Crippen LogP) is 3.87. The molecule has 1 amide bonds. The summed E-state index contributed by atoms with van der Waals surface area (Å²) in [5.41, 5.74) is 4.95. The zero-order chi connectivity index (χ0) is 19.8. The predicted molar refractivity (Wildman–Crippen MR) is 108 cm³/mol. The number of tetrazole rings is 1. The Kier molecular flexibility index (Phi) is 4.60. The van der Waals surface area contributed by atoms with Gasteiger partial charge < -0.3 is 10.6 Å². The summed E-state index contributed by atoms with van der Waals surface area (Å²) in [7, 11) is 0. The average molecular weight is 395 g/mol. The number of allylic oxidation sites excluding steroid dienone is 1. The molecule has 0 radical (unpaired) electrons. The number of amides is 1. The standard InChI is InChI=1S/C20H19ClN6O/c1-11-7-8-16(12(2)9-11)23-19(28)17-13(3)22-20-24-25-26-27(20)18(17)14-5-4-6-15(21)10-14/h4-10,18H,1-3H3,(H,23,28)(H,22,24,26). The highest BCUT2D eigenvalue weighted by molar-refractivity contribution is 6.30. The van der Waals surface area contributed by atoms with Crippen molar-refractivity contribution in [2.75, 3.05) is 10.6 Å². The fraction of sp³-hybridized carbons (Fsp3) is 0.200. The summed E-state index contributed by atoms with van der Waals surface area (Å²) in [6, 6.07) is 12.8. The maximum absolute atomic E-state index is 13.3. The number of carbonyl (C=O) groups is 1. The van der Waals surface area contributed by atoms with Gasteiger partial charge in [0.1, 0.15) is 6.04 Å². The molecule has 28 heavy (non-hydrogen) atoms. The van der Waals surface area contributed by atoms with Crippen LogP contribution in [0.2, 0.25) is 5.02 Å². The van der Waals surface area contributed by atoms with Gasteiger partial charge in [-0.25, -0.2) is 0 Å². The van der Waals surface area contributed by atoms with Crippen LogP contribution in [0.25, 0.3) is 0 Å². The lowest BCUT2D eigenvalue weighted by atomic mass is 9.95. The molecule has 142 valence electrons. The number of hydrogen-bond donors (Lipinski definition) is 2. The van der Waals surface area contributed by atoms with E-state index in [-0.39, 0.29) is 5.91 Å². The van der Waals surface area contributed by atoms with Crippen LogP contribution in [0.4, 0.5) is 11.6 Å². The maximum atomic E-state index is 13.3. The fourth-order valence-electron chi connectivity index (χ4n) is 3.43. The second kappa shape index (κ2) is 7.09. The van der Waals surface area contributed by atoms with Gasteiger partial charge in [0.2, 0.25) is 5.95 Å². The molecule has 2 heterocycles. The number of benzene rings is 2. The van der Waals surface area contributed by atoms with E-state index in [4.69, 9.17) is 11.6 Å². The van der Waals surface area contributed by atoms with Gasteiger partial charge in [0.05, 0.1) is 5.57 Å². The quantitative estimate of drug-likeness (QED) is 0.704. The van der Waals surface area contributed by atoms with E-state index in [9.17, 15) is 4.79 Å². The van der Waals surface area contributed by atoms with Gasteiger partial charge in [-0.3, -0.25) is 4.79 Å². The van der Waals surface area contributed by atoms with Crippen LogP contribution in [0, 0.1) is 13.8 Å². The molecule has 8 heteroatoms. The highest BCUT2D eigenvalue weighted by Crippen LogP contribution is 2.35. The molecule has 3 aromatic rings. The zero-order valence-corrected chi connectivity index (χ0v) is 16.4. The fourth-order valence-corrected chi connectivity index (χ4v) is 3.63. The summed E-state index contributed by atoms with van der Waals surface area (Å²) >= 11 is 6.20. The first-order valence-corrected chi connectivity index (χ1v) is 9.21. The van der Waals surface area contributed by atoms with E-state index >= 15 is 0 Å². The van der Waals surface area contributed by atoms with Crippen molar-refractivity contribution in [2.45, 2.75) is 26.8 Å². The van der Waals surface area contributed by atoms with E-state index in [1.165, 1.54) is 0 Å². The number of anilines is 2. The summed E-state index contributed by atoms with van der Waals surface area (Å²) < 4.78 is 1.59. The first kappa shape index (κ1) is 18.2. The SMILES string of the molecule is CC1=C(C(=O)Nc2ccc(C)cc2C)C(c2cccc(Cl)c2)n2nnnc2N1.